The molecule has 7 nitrogen and oxygen atoms in total. The van der Waals surface area contributed by atoms with E-state index >= 15 is 0 Å². The number of fused-ring (bicyclic) bond motifs is 2. The van der Waals surface area contributed by atoms with Crippen molar-refractivity contribution in [1.82, 2.24) is 0 Å². The lowest BCUT2D eigenvalue weighted by atomic mass is 9.96. The first-order valence-corrected chi connectivity index (χ1v) is 33.2. The second kappa shape index (κ2) is 50.2. The number of carbonyl (C=O) groups is 2. The first kappa shape index (κ1) is 71.0. The maximum atomic E-state index is 12.0. The largest absolute Gasteiger partial charge is 0.781 e. The molecule has 0 aromatic heterocycles. The van der Waals surface area contributed by atoms with E-state index in [-0.39, 0.29) is 22.6 Å². The van der Waals surface area contributed by atoms with Gasteiger partial charge in [0.15, 0.2) is 0 Å². The number of nitrogens with zero attached hydrogens (tertiary/aromatic N) is 1. The molecule has 2 aliphatic rings. The van der Waals surface area contributed by atoms with Crippen LogP contribution in [-0.2, 0) is 9.31 Å². The fourth-order valence-corrected chi connectivity index (χ4v) is 10.6. The summed E-state index contributed by atoms with van der Waals surface area (Å²) >= 11 is 0. The first-order chi connectivity index (χ1) is 37.2. The standard InChI is InChI=1S/2C19H40.C16H36N.C14H8BO6/c2*1-3-5-7-9-11-13-15-17-19-18-16-14-12-10-8-6-4-2;1-5-9-13-17(14-10-6-2,15-11-7-3)16-12-8-4;16-13-9-5-1-3-7-11(9)18-15(20-13)19-12-8-4-2-6-10(12)14(17)21-15/h2*3-19H2,1-2H3;5-16H2,1-4H3;1-8H/q;;+1;-1. The molecule has 440 valence electrons. The van der Waals surface area contributed by atoms with Crippen LogP contribution < -0.4 is 9.31 Å². The van der Waals surface area contributed by atoms with Gasteiger partial charge in [-0.05, 0) is 49.9 Å². The lowest BCUT2D eigenvalue weighted by Crippen LogP contribution is -2.61. The summed E-state index contributed by atoms with van der Waals surface area (Å²) in [6, 6.07) is 13.0. The molecule has 1 spiro atoms. The Morgan fingerprint density at radius 3 is 0.684 bits per heavy atom. The molecule has 0 unspecified atom stereocenters. The van der Waals surface area contributed by atoms with E-state index in [1.807, 2.05) is 0 Å². The molecule has 8 heteroatoms. The van der Waals surface area contributed by atoms with Crippen molar-refractivity contribution >= 4 is 18.9 Å². The number of benzene rings is 2. The average molecular weight is 1060 g/mol. The lowest BCUT2D eigenvalue weighted by Gasteiger charge is -2.45. The predicted molar refractivity (Wildman–Crippen MR) is 330 cm³/mol. The third-order valence-electron chi connectivity index (χ3n) is 15.6. The highest BCUT2D eigenvalue weighted by Gasteiger charge is 2.52. The molecular weight excluding hydrogens is 938 g/mol. The van der Waals surface area contributed by atoms with Crippen LogP contribution in [0, 0.1) is 0 Å². The summed E-state index contributed by atoms with van der Waals surface area (Å²) < 4.78 is 22.7. The van der Waals surface area contributed by atoms with Gasteiger partial charge in [-0.3, -0.25) is 9.59 Å². The van der Waals surface area contributed by atoms with Gasteiger partial charge in [0.2, 0.25) is 0 Å². The Bertz CT molecular complexity index is 1450. The van der Waals surface area contributed by atoms with Gasteiger partial charge in [0.05, 0.1) is 48.8 Å². The van der Waals surface area contributed by atoms with E-state index in [1.54, 1.807) is 48.5 Å². The third-order valence-corrected chi connectivity index (χ3v) is 15.6. The normalized spacial score (nSPS) is 13.1. The van der Waals surface area contributed by atoms with Crippen molar-refractivity contribution in [3.63, 3.8) is 0 Å². The van der Waals surface area contributed by atoms with E-state index in [4.69, 9.17) is 18.6 Å². The fourth-order valence-electron chi connectivity index (χ4n) is 10.6. The van der Waals surface area contributed by atoms with E-state index < -0.39 is 18.9 Å². The summed E-state index contributed by atoms with van der Waals surface area (Å²) in [4.78, 5) is 24.0. The van der Waals surface area contributed by atoms with Crippen LogP contribution >= 0.6 is 0 Å². The molecule has 76 heavy (non-hydrogen) atoms. The van der Waals surface area contributed by atoms with Gasteiger partial charge in [-0.1, -0.05) is 324 Å². The molecule has 2 heterocycles. The first-order valence-electron chi connectivity index (χ1n) is 33.2. The molecule has 0 bridgehead atoms. The van der Waals surface area contributed by atoms with Crippen molar-refractivity contribution in [2.45, 2.75) is 325 Å². The molecule has 2 aromatic rings. The van der Waals surface area contributed by atoms with Gasteiger partial charge in [0.25, 0.3) is 0 Å². The zero-order valence-electron chi connectivity index (χ0n) is 51.6. The van der Waals surface area contributed by atoms with E-state index in [1.165, 1.54) is 300 Å². The maximum absolute atomic E-state index is 12.0. The van der Waals surface area contributed by atoms with Crippen molar-refractivity contribution in [2.75, 3.05) is 26.2 Å². The lowest BCUT2D eigenvalue weighted by molar-refractivity contribution is -0.929. The van der Waals surface area contributed by atoms with Crippen LogP contribution in [0.5, 0.6) is 11.5 Å². The van der Waals surface area contributed by atoms with Gasteiger partial charge in [0, 0.05) is 0 Å². The maximum Gasteiger partial charge on any atom is 0.781 e. The van der Waals surface area contributed by atoms with E-state index in [2.05, 4.69) is 55.4 Å². The highest BCUT2D eigenvalue weighted by Crippen LogP contribution is 2.36. The van der Waals surface area contributed by atoms with Crippen molar-refractivity contribution in [3.05, 3.63) is 59.7 Å². The Morgan fingerprint density at radius 1 is 0.276 bits per heavy atom. The van der Waals surface area contributed by atoms with Gasteiger partial charge in [-0.15, -0.1) is 0 Å². The van der Waals surface area contributed by atoms with Gasteiger partial charge >= 0.3 is 18.9 Å². The molecule has 0 saturated carbocycles. The summed E-state index contributed by atoms with van der Waals surface area (Å²) in [6.07, 6.45) is 60.9. The summed E-state index contributed by atoms with van der Waals surface area (Å²) in [7, 11) is 0. The summed E-state index contributed by atoms with van der Waals surface area (Å²) in [5.41, 5.74) is 0.506. The van der Waals surface area contributed by atoms with Gasteiger partial charge in [-0.2, -0.15) is 0 Å². The molecule has 2 aliphatic heterocycles. The van der Waals surface area contributed by atoms with Gasteiger partial charge in [-0.25, -0.2) is 0 Å². The number of rotatable bonds is 44. The quantitative estimate of drug-likeness (QED) is 0.0374. The minimum Gasteiger partial charge on any atom is -0.610 e. The van der Waals surface area contributed by atoms with Crippen LogP contribution in [0.15, 0.2) is 48.5 Å². The van der Waals surface area contributed by atoms with Crippen LogP contribution in [0.4, 0.5) is 0 Å². The predicted octanol–water partition coefficient (Wildman–Crippen LogP) is 22.2. The fraction of sp³-hybridized carbons (Fsp3) is 0.794. The summed E-state index contributed by atoms with van der Waals surface area (Å²) in [5.74, 6) is -0.824. The Balaban J connectivity index is 0.000000509. The second-order valence-corrected chi connectivity index (χ2v) is 22.9. The molecule has 0 N–H and O–H groups in total. The molecular formula is C68H124BNO6. The smallest absolute Gasteiger partial charge is 0.610 e. The number of unbranched alkanes of at least 4 members (excludes halogenated alkanes) is 36. The Kier molecular flexibility index (Phi) is 46.9. The van der Waals surface area contributed by atoms with E-state index in [0.29, 0.717) is 0 Å². The van der Waals surface area contributed by atoms with Gasteiger partial charge < -0.3 is 23.1 Å². The highest BCUT2D eigenvalue weighted by atomic mass is 16.9. The average Bonchev–Trinajstić information content (AvgIpc) is 3.44. The molecule has 4 rings (SSSR count). The third kappa shape index (κ3) is 35.5. The van der Waals surface area contributed by atoms with Crippen LogP contribution in [0.1, 0.15) is 346 Å². The Morgan fingerprint density at radius 2 is 0.474 bits per heavy atom. The molecule has 0 fully saturated rings. The van der Waals surface area contributed by atoms with Crippen LogP contribution in [0.25, 0.3) is 0 Å². The molecule has 0 atom stereocenters. The van der Waals surface area contributed by atoms with Gasteiger partial charge in [0.1, 0.15) is 0 Å². The summed E-state index contributed by atoms with van der Waals surface area (Å²) in [6.45, 7) is 21.2. The van der Waals surface area contributed by atoms with Crippen LogP contribution in [-0.4, -0.2) is 49.6 Å². The topological polar surface area (TPSA) is 71.1 Å². The van der Waals surface area contributed by atoms with Crippen LogP contribution in [0.2, 0.25) is 0 Å². The number of quaternary nitrogens is 1. The number of hydrogen-bond acceptors (Lipinski definition) is 6. The summed E-state index contributed by atoms with van der Waals surface area (Å²) in [5, 5.41) is 0. The highest BCUT2D eigenvalue weighted by molar-refractivity contribution is 6.61. The molecule has 0 aliphatic carbocycles. The SMILES string of the molecule is CCCCCCCCCCCCCCCCCCC.CCCCCCCCCCCCCCCCCCC.CCCC[N+](CCCC)(CCCC)CCCC.O=C1O[B-]2(OC(=O)c3ccccc3O2)Oc2ccccc21. The van der Waals surface area contributed by atoms with Crippen LogP contribution in [0.3, 0.4) is 0 Å². The minimum absolute atomic E-state index is 0.251. The number of hydrogen-bond donors (Lipinski definition) is 0. The number of para-hydroxylation sites is 2. The monoisotopic (exact) mass is 1060 g/mol. The number of carbonyl (C=O) groups excluding carboxylic acids is 2. The zero-order chi connectivity index (χ0) is 55.5. The molecule has 2 aromatic carbocycles. The van der Waals surface area contributed by atoms with E-state index in [9.17, 15) is 9.59 Å². The second-order valence-electron chi connectivity index (χ2n) is 22.9. The molecule has 0 amide bonds. The van der Waals surface area contributed by atoms with Crippen molar-refractivity contribution in [1.29, 1.82) is 0 Å². The van der Waals surface area contributed by atoms with Crippen molar-refractivity contribution in [3.8, 4) is 11.5 Å². The van der Waals surface area contributed by atoms with Crippen molar-refractivity contribution < 1.29 is 32.7 Å². The van der Waals surface area contributed by atoms with E-state index in [0.717, 1.165) is 0 Å². The van der Waals surface area contributed by atoms with Crippen molar-refractivity contribution in [2.24, 2.45) is 0 Å². The molecule has 0 radical (unpaired) electrons. The Hall–Kier alpha value is -3.00. The Labute approximate surface area is 471 Å². The zero-order valence-corrected chi connectivity index (χ0v) is 51.6. The minimum atomic E-state index is -2.97. The molecule has 0 saturated heterocycles.